The molecule has 440 valence electrons. The van der Waals surface area contributed by atoms with E-state index in [9.17, 15) is 0 Å². The van der Waals surface area contributed by atoms with Gasteiger partial charge in [0, 0.05) is 75.2 Å². The van der Waals surface area contributed by atoms with E-state index in [0.717, 1.165) is 27.9 Å². The van der Waals surface area contributed by atoms with Gasteiger partial charge >= 0.3 is 0 Å². The molecule has 0 aliphatic heterocycles. The van der Waals surface area contributed by atoms with E-state index in [2.05, 4.69) is 233 Å². The Labute approximate surface area is 514 Å². The van der Waals surface area contributed by atoms with Crippen LogP contribution in [0.25, 0.3) is 0 Å². The Morgan fingerprint density at radius 3 is 1.09 bits per heavy atom. The number of thiophene rings is 3. The van der Waals surface area contributed by atoms with Gasteiger partial charge in [-0.1, -0.05) is 161 Å². The Kier molecular flexibility index (Phi) is 25.9. The monoisotopic (exact) mass is 1150 g/mol. The van der Waals surface area contributed by atoms with Crippen molar-refractivity contribution in [1.82, 2.24) is 34.9 Å². The fourth-order valence-corrected chi connectivity index (χ4v) is 9.86. The molecule has 7 nitrogen and oxygen atoms in total. The molecule has 8 rings (SSSR count). The zero-order chi connectivity index (χ0) is 68.1. The summed E-state index contributed by atoms with van der Waals surface area (Å²) in [6, 6.07) is 28.4. The molecule has 0 unspecified atom stereocenters. The summed E-state index contributed by atoms with van der Waals surface area (Å²) in [6.07, 6.45) is 3.66. The third-order valence-electron chi connectivity index (χ3n) is 10.9. The predicted molar refractivity (Wildman–Crippen MR) is 356 cm³/mol. The van der Waals surface area contributed by atoms with Gasteiger partial charge in [-0.25, -0.2) is 34.9 Å². The molecule has 0 atom stereocenters. The van der Waals surface area contributed by atoms with E-state index in [1.54, 1.807) is 26.8 Å². The second-order valence-electron chi connectivity index (χ2n) is 24.6. The van der Waals surface area contributed by atoms with Crippen LogP contribution in [0.15, 0.2) is 91.3 Å². The minimum Gasteiger partial charge on any atom is -0.242 e. The first kappa shape index (κ1) is 59.3. The molecular formula is C70H107N7S3. The van der Waals surface area contributed by atoms with Gasteiger partial charge in [-0.3, -0.25) is 0 Å². The molecule has 0 spiro atoms. The number of benzene rings is 2. The molecule has 0 bridgehead atoms. The standard InChI is InChI=1S/C12H21N3.C11H18S.C10H16S.2C8H10.C7H10N2.C7H10S.C6H8N2.CH4/c1-8-13-9(11(2,3)4)15-10(14-8)12(5,6)7;1-8-6-10(12-9(8)2)7-11(3,4)5;1-8-5-6-9(11-8)7-10(2,3)4;2*1-7-3-5-8(2)6-4-7;1-5-4-6(2)9-7(3)8-5;1-5-4-6(2)8-7(5)3;1-5-3-6(2)8-4-7-5;/h1-7H3;6H,7H2,1-5H3;5-6H,7H2,1-4H3;2*3-6H,1-2H3;4H,1-3H3;4H,1-3H3;3-4H,1-2H3;1H4/i;;;;;1D3;2D3;1D3;. The quantitative estimate of drug-likeness (QED) is 0.170. The van der Waals surface area contributed by atoms with Crippen LogP contribution in [0.4, 0.5) is 0 Å². The van der Waals surface area contributed by atoms with Crippen molar-refractivity contribution in [2.75, 3.05) is 0 Å². The summed E-state index contributed by atoms with van der Waals surface area (Å²) < 4.78 is 63.7. The van der Waals surface area contributed by atoms with Gasteiger partial charge in [-0.05, 0) is 182 Å². The van der Waals surface area contributed by atoms with Crippen molar-refractivity contribution in [3.8, 4) is 0 Å². The topological polar surface area (TPSA) is 90.2 Å². The molecule has 10 heteroatoms. The lowest BCUT2D eigenvalue weighted by Gasteiger charge is -2.22. The van der Waals surface area contributed by atoms with Crippen LogP contribution in [0.2, 0.25) is 0 Å². The number of nitrogens with zero attached hydrogens (tertiary/aromatic N) is 7. The summed E-state index contributed by atoms with van der Waals surface area (Å²) in [4.78, 5) is 36.1. The molecule has 0 saturated heterocycles. The molecule has 0 fully saturated rings. The Hall–Kier alpha value is -5.29. The summed E-state index contributed by atoms with van der Waals surface area (Å²) in [5.41, 5.74) is 10.2. The van der Waals surface area contributed by atoms with E-state index in [1.807, 2.05) is 43.4 Å². The van der Waals surface area contributed by atoms with E-state index in [1.165, 1.54) is 90.0 Å². The van der Waals surface area contributed by atoms with Crippen LogP contribution in [0.5, 0.6) is 0 Å². The van der Waals surface area contributed by atoms with E-state index in [4.69, 9.17) is 12.3 Å². The molecule has 0 N–H and O–H groups in total. The van der Waals surface area contributed by atoms with Crippen molar-refractivity contribution in [3.63, 3.8) is 0 Å². The van der Waals surface area contributed by atoms with Gasteiger partial charge in [0.25, 0.3) is 0 Å². The van der Waals surface area contributed by atoms with Crippen LogP contribution in [-0.4, -0.2) is 34.9 Å². The first-order chi connectivity index (χ1) is 39.8. The first-order valence-electron chi connectivity index (χ1n) is 31.5. The van der Waals surface area contributed by atoms with Crippen LogP contribution in [-0.2, 0) is 23.7 Å². The van der Waals surface area contributed by atoms with Crippen molar-refractivity contribution >= 4 is 34.0 Å². The summed E-state index contributed by atoms with van der Waals surface area (Å²) in [5.74, 6) is 3.06. The van der Waals surface area contributed by atoms with Crippen molar-refractivity contribution in [2.24, 2.45) is 10.8 Å². The summed E-state index contributed by atoms with van der Waals surface area (Å²) in [6.45, 7) is 46.2. The number of hydrogen-bond acceptors (Lipinski definition) is 10. The lowest BCUT2D eigenvalue weighted by molar-refractivity contribution is 0.414. The van der Waals surface area contributed by atoms with Gasteiger partial charge in [0.1, 0.15) is 29.6 Å². The number of rotatable bonds is 2. The number of hydrogen-bond donors (Lipinski definition) is 0. The van der Waals surface area contributed by atoms with Gasteiger partial charge in [-0.2, -0.15) is 0 Å². The fraction of sp³-hybridized carbons (Fsp3) is 0.500. The van der Waals surface area contributed by atoms with Crippen LogP contribution in [0.1, 0.15) is 212 Å². The van der Waals surface area contributed by atoms with Crippen molar-refractivity contribution in [1.29, 1.82) is 0 Å². The molecule has 0 aliphatic rings. The highest BCUT2D eigenvalue weighted by molar-refractivity contribution is 7.12. The van der Waals surface area contributed by atoms with E-state index < -0.39 is 20.6 Å². The maximum absolute atomic E-state index is 7.13. The molecule has 8 aromatic rings. The van der Waals surface area contributed by atoms with Crippen molar-refractivity contribution in [3.05, 3.63) is 200 Å². The third-order valence-corrected chi connectivity index (χ3v) is 14.0. The lowest BCUT2D eigenvalue weighted by atomic mass is 9.91. The van der Waals surface area contributed by atoms with Crippen LogP contribution in [0, 0.1) is 121 Å². The van der Waals surface area contributed by atoms with Crippen LogP contribution >= 0.6 is 34.0 Å². The largest absolute Gasteiger partial charge is 0.242 e. The smallest absolute Gasteiger partial charge is 0.137 e. The van der Waals surface area contributed by atoms with Crippen molar-refractivity contribution in [2.45, 2.75) is 225 Å². The number of aromatic nitrogens is 7. The Bertz CT molecular complexity index is 3150. The minimum absolute atomic E-state index is 0. The molecule has 0 amide bonds. The van der Waals surface area contributed by atoms with Crippen molar-refractivity contribution < 1.29 is 12.3 Å². The molecule has 6 aromatic heterocycles. The van der Waals surface area contributed by atoms with Gasteiger partial charge < -0.3 is 0 Å². The fourth-order valence-electron chi connectivity index (χ4n) is 6.53. The normalized spacial score (nSPS) is 12.9. The average Bonchev–Trinajstić information content (AvgIpc) is 1.90. The molecular weight excluding hydrogens is 1040 g/mol. The molecule has 80 heavy (non-hydrogen) atoms. The zero-order valence-corrected chi connectivity index (χ0v) is 55.4. The summed E-state index contributed by atoms with van der Waals surface area (Å²) in [7, 11) is 0. The molecule has 0 aliphatic carbocycles. The summed E-state index contributed by atoms with van der Waals surface area (Å²) in [5, 5.41) is 0. The molecule has 0 radical (unpaired) electrons. The molecule has 2 aromatic carbocycles. The lowest BCUT2D eigenvalue weighted by Crippen LogP contribution is -2.24. The Morgan fingerprint density at radius 2 is 0.775 bits per heavy atom. The van der Waals surface area contributed by atoms with Gasteiger partial charge in [0.05, 0.1) is 0 Å². The first-order valence-corrected chi connectivity index (χ1v) is 29.4. The van der Waals surface area contributed by atoms with E-state index in [0.29, 0.717) is 32.9 Å². The third kappa shape index (κ3) is 34.8. The highest BCUT2D eigenvalue weighted by atomic mass is 32.1. The highest BCUT2D eigenvalue weighted by Crippen LogP contribution is 2.29. The molecule has 0 saturated carbocycles. The van der Waals surface area contributed by atoms with Crippen LogP contribution < -0.4 is 0 Å². The summed E-state index contributed by atoms with van der Waals surface area (Å²) >= 11 is 5.21. The zero-order valence-electron chi connectivity index (χ0n) is 61.9. The minimum atomic E-state index is -2.13. The van der Waals surface area contributed by atoms with Gasteiger partial charge in [-0.15, -0.1) is 34.0 Å². The van der Waals surface area contributed by atoms with E-state index >= 15 is 0 Å². The molecule has 6 heterocycles. The number of aryl methyl sites for hydroxylation is 16. The maximum atomic E-state index is 7.13. The average molecular weight is 1150 g/mol. The second kappa shape index (κ2) is 34.9. The van der Waals surface area contributed by atoms with Gasteiger partial charge in [0.2, 0.25) is 0 Å². The SMILES string of the molecule is C.Cc1cc(CC(C)(C)C)sc1C.Cc1ccc(C)cc1.Cc1ccc(C)cc1.Cc1ccc(CC(C)(C)C)s1.Cc1nc(C(C)(C)C)nc(C(C)(C)C)n1.[2H]C([2H])([2H])c1cc(C)c(C)s1.[2H]C([2H])([2H])c1cc(C)nc(C)n1.[2H]C([2H])([2H])c1cc(C)ncn1. The Morgan fingerprint density at radius 1 is 0.375 bits per heavy atom. The second-order valence-corrected chi connectivity index (χ2v) is 28.6. The predicted octanol–water partition coefficient (Wildman–Crippen LogP) is 20.8. The van der Waals surface area contributed by atoms with Crippen LogP contribution in [0.3, 0.4) is 0 Å². The maximum Gasteiger partial charge on any atom is 0.137 e. The Balaban J connectivity index is 0.000000999. The van der Waals surface area contributed by atoms with Gasteiger partial charge in [0.15, 0.2) is 0 Å². The highest BCUT2D eigenvalue weighted by Gasteiger charge is 2.24. The van der Waals surface area contributed by atoms with E-state index in [-0.39, 0.29) is 29.6 Å².